The van der Waals surface area contributed by atoms with Gasteiger partial charge in [-0.3, -0.25) is 0 Å². The van der Waals surface area contributed by atoms with Crippen LogP contribution in [0.15, 0.2) is 24.3 Å². The van der Waals surface area contributed by atoms with Gasteiger partial charge in [0.15, 0.2) is 5.82 Å². The van der Waals surface area contributed by atoms with E-state index in [1.54, 1.807) is 37.0 Å². The summed E-state index contributed by atoms with van der Waals surface area (Å²) in [5, 5.41) is 6.89. The van der Waals surface area contributed by atoms with Gasteiger partial charge in [0.1, 0.15) is 5.82 Å². The van der Waals surface area contributed by atoms with Crippen molar-refractivity contribution in [3.8, 4) is 11.4 Å². The van der Waals surface area contributed by atoms with Crippen LogP contribution in [0.25, 0.3) is 11.4 Å². The average molecular weight is 206 g/mol. The second-order valence-electron chi connectivity index (χ2n) is 3.11. The van der Waals surface area contributed by atoms with Gasteiger partial charge in [-0.05, 0) is 12.1 Å². The molecule has 0 unspecified atom stereocenters. The van der Waals surface area contributed by atoms with Crippen LogP contribution < -0.4 is 5.32 Å². The fourth-order valence-corrected chi connectivity index (χ4v) is 1.37. The summed E-state index contributed by atoms with van der Waals surface area (Å²) in [5.74, 6) is 0.698. The normalized spacial score (nSPS) is 10.3. The SMILES string of the molecule is CNc1nc(-c2ccccc2F)n(C)n1. The molecule has 4 nitrogen and oxygen atoms in total. The van der Waals surface area contributed by atoms with Crippen molar-refractivity contribution < 1.29 is 4.39 Å². The van der Waals surface area contributed by atoms with Gasteiger partial charge in [-0.25, -0.2) is 9.07 Å². The Bertz CT molecular complexity index is 478. The highest BCUT2D eigenvalue weighted by molar-refractivity contribution is 5.57. The highest BCUT2D eigenvalue weighted by Crippen LogP contribution is 2.20. The Kier molecular flexibility index (Phi) is 2.37. The largest absolute Gasteiger partial charge is 0.356 e. The number of hydrogen-bond donors (Lipinski definition) is 1. The van der Waals surface area contributed by atoms with E-state index in [-0.39, 0.29) is 5.82 Å². The quantitative estimate of drug-likeness (QED) is 0.812. The Labute approximate surface area is 86.8 Å². The lowest BCUT2D eigenvalue weighted by Crippen LogP contribution is -1.96. The molecule has 2 aromatic rings. The van der Waals surface area contributed by atoms with Crippen molar-refractivity contribution in [1.82, 2.24) is 14.8 Å². The van der Waals surface area contributed by atoms with Gasteiger partial charge in [0.25, 0.3) is 0 Å². The zero-order valence-electron chi connectivity index (χ0n) is 8.53. The summed E-state index contributed by atoms with van der Waals surface area (Å²) < 4.78 is 15.0. The molecule has 0 amide bonds. The first-order valence-corrected chi connectivity index (χ1v) is 4.56. The highest BCUT2D eigenvalue weighted by Gasteiger charge is 2.11. The number of aromatic nitrogens is 3. The van der Waals surface area contributed by atoms with E-state index in [0.29, 0.717) is 17.3 Å². The summed E-state index contributed by atoms with van der Waals surface area (Å²) in [5.41, 5.74) is 0.453. The maximum Gasteiger partial charge on any atom is 0.242 e. The van der Waals surface area contributed by atoms with E-state index in [0.717, 1.165) is 0 Å². The van der Waals surface area contributed by atoms with Gasteiger partial charge in [-0.15, -0.1) is 5.10 Å². The summed E-state index contributed by atoms with van der Waals surface area (Å²) >= 11 is 0. The number of hydrogen-bond acceptors (Lipinski definition) is 3. The fourth-order valence-electron chi connectivity index (χ4n) is 1.37. The van der Waals surface area contributed by atoms with Crippen LogP contribution in [0.5, 0.6) is 0 Å². The number of nitrogens with one attached hydrogen (secondary N) is 1. The van der Waals surface area contributed by atoms with Crippen molar-refractivity contribution in [3.63, 3.8) is 0 Å². The lowest BCUT2D eigenvalue weighted by Gasteiger charge is -2.00. The molecule has 78 valence electrons. The Balaban J connectivity index is 2.54. The Morgan fingerprint density at radius 2 is 2.07 bits per heavy atom. The first kappa shape index (κ1) is 9.64. The minimum atomic E-state index is -0.296. The minimum Gasteiger partial charge on any atom is -0.356 e. The summed E-state index contributed by atoms with van der Waals surface area (Å²) in [4.78, 5) is 4.16. The van der Waals surface area contributed by atoms with Crippen molar-refractivity contribution in [1.29, 1.82) is 0 Å². The first-order valence-electron chi connectivity index (χ1n) is 4.56. The van der Waals surface area contributed by atoms with Crippen LogP contribution in [-0.2, 0) is 7.05 Å². The molecular formula is C10H11FN4. The van der Waals surface area contributed by atoms with E-state index in [9.17, 15) is 4.39 Å². The third-order valence-corrected chi connectivity index (χ3v) is 2.10. The van der Waals surface area contributed by atoms with E-state index < -0.39 is 0 Å². The lowest BCUT2D eigenvalue weighted by atomic mass is 10.2. The summed E-state index contributed by atoms with van der Waals surface area (Å²) in [6.07, 6.45) is 0. The molecule has 0 bridgehead atoms. The number of rotatable bonds is 2. The van der Waals surface area contributed by atoms with Crippen molar-refractivity contribution >= 4 is 5.95 Å². The van der Waals surface area contributed by atoms with Crippen LogP contribution in [-0.4, -0.2) is 21.8 Å². The van der Waals surface area contributed by atoms with Crippen molar-refractivity contribution in [2.24, 2.45) is 7.05 Å². The number of halogens is 1. The van der Waals surface area contributed by atoms with Crippen molar-refractivity contribution in [2.75, 3.05) is 12.4 Å². The molecule has 0 radical (unpaired) electrons. The number of nitrogens with zero attached hydrogens (tertiary/aromatic N) is 3. The molecule has 0 fully saturated rings. The average Bonchev–Trinajstić information content (AvgIpc) is 2.60. The maximum absolute atomic E-state index is 13.5. The summed E-state index contributed by atoms with van der Waals surface area (Å²) in [7, 11) is 3.45. The second kappa shape index (κ2) is 3.68. The van der Waals surface area contributed by atoms with Crippen molar-refractivity contribution in [2.45, 2.75) is 0 Å². The zero-order chi connectivity index (χ0) is 10.8. The molecule has 1 N–H and O–H groups in total. The minimum absolute atomic E-state index is 0.296. The van der Waals surface area contributed by atoms with Crippen molar-refractivity contribution in [3.05, 3.63) is 30.1 Å². The van der Waals surface area contributed by atoms with Gasteiger partial charge in [0.2, 0.25) is 5.95 Å². The van der Waals surface area contributed by atoms with E-state index in [2.05, 4.69) is 15.4 Å². The van der Waals surface area contributed by atoms with Gasteiger partial charge < -0.3 is 5.32 Å². The van der Waals surface area contributed by atoms with Crippen LogP contribution in [0.1, 0.15) is 0 Å². The predicted octanol–water partition coefficient (Wildman–Crippen LogP) is 1.66. The molecule has 0 aliphatic heterocycles. The van der Waals surface area contributed by atoms with Crippen LogP contribution in [0.4, 0.5) is 10.3 Å². The first-order chi connectivity index (χ1) is 7.22. The molecule has 0 aliphatic rings. The second-order valence-corrected chi connectivity index (χ2v) is 3.11. The predicted molar refractivity (Wildman–Crippen MR) is 55.9 cm³/mol. The monoisotopic (exact) mass is 206 g/mol. The highest BCUT2D eigenvalue weighted by atomic mass is 19.1. The van der Waals surface area contributed by atoms with E-state index in [1.165, 1.54) is 6.07 Å². The fraction of sp³-hybridized carbons (Fsp3) is 0.200. The number of aryl methyl sites for hydroxylation is 1. The number of anilines is 1. The Morgan fingerprint density at radius 1 is 1.33 bits per heavy atom. The molecule has 0 spiro atoms. The molecule has 1 aromatic carbocycles. The molecule has 0 saturated carbocycles. The van der Waals surface area contributed by atoms with Crippen LogP contribution in [0, 0.1) is 5.82 Å². The molecule has 1 heterocycles. The van der Waals surface area contributed by atoms with Crippen LogP contribution >= 0.6 is 0 Å². The van der Waals surface area contributed by atoms with E-state index in [1.807, 2.05) is 0 Å². The topological polar surface area (TPSA) is 42.7 Å². The van der Waals surface area contributed by atoms with Gasteiger partial charge in [-0.1, -0.05) is 12.1 Å². The van der Waals surface area contributed by atoms with Gasteiger partial charge in [0.05, 0.1) is 5.56 Å². The molecule has 1 aromatic heterocycles. The molecule has 0 saturated heterocycles. The molecule has 0 atom stereocenters. The number of benzene rings is 1. The third kappa shape index (κ3) is 1.68. The molecule has 15 heavy (non-hydrogen) atoms. The molecule has 0 aliphatic carbocycles. The molecular weight excluding hydrogens is 195 g/mol. The standard InChI is InChI=1S/C10H11FN4/c1-12-10-13-9(15(2)14-10)7-5-3-4-6-8(7)11/h3-6H,1-2H3,(H,12,14). The van der Waals surface area contributed by atoms with Crippen LogP contribution in [0.2, 0.25) is 0 Å². The van der Waals surface area contributed by atoms with Gasteiger partial charge >= 0.3 is 0 Å². The smallest absolute Gasteiger partial charge is 0.242 e. The van der Waals surface area contributed by atoms with Gasteiger partial charge in [-0.2, -0.15) is 4.98 Å². The van der Waals surface area contributed by atoms with E-state index >= 15 is 0 Å². The summed E-state index contributed by atoms with van der Waals surface area (Å²) in [6.45, 7) is 0. The maximum atomic E-state index is 13.5. The zero-order valence-corrected chi connectivity index (χ0v) is 8.53. The molecule has 5 heteroatoms. The van der Waals surface area contributed by atoms with E-state index in [4.69, 9.17) is 0 Å². The summed E-state index contributed by atoms with van der Waals surface area (Å²) in [6, 6.07) is 6.50. The Hall–Kier alpha value is -1.91. The third-order valence-electron chi connectivity index (χ3n) is 2.10. The molecule has 2 rings (SSSR count). The lowest BCUT2D eigenvalue weighted by molar-refractivity contribution is 0.627. The van der Waals surface area contributed by atoms with Crippen LogP contribution in [0.3, 0.4) is 0 Å². The Morgan fingerprint density at radius 3 is 2.67 bits per heavy atom. The van der Waals surface area contributed by atoms with Gasteiger partial charge in [0, 0.05) is 14.1 Å².